The molecular weight excluding hydrogens is 280 g/mol. The Balaban J connectivity index is 2.03. The van der Waals surface area contributed by atoms with Gasteiger partial charge in [0, 0.05) is 18.2 Å². The van der Waals surface area contributed by atoms with Gasteiger partial charge >= 0.3 is 6.03 Å². The van der Waals surface area contributed by atoms with E-state index in [9.17, 15) is 4.79 Å². The second-order valence-electron chi connectivity index (χ2n) is 6.41. The Bertz CT molecular complexity index is 641. The Morgan fingerprint density at radius 3 is 2.50 bits per heavy atom. The molecule has 6 heteroatoms. The van der Waals surface area contributed by atoms with Crippen LogP contribution in [0.2, 0.25) is 0 Å². The van der Waals surface area contributed by atoms with E-state index in [0.717, 1.165) is 5.56 Å². The first-order valence-electron chi connectivity index (χ1n) is 7.17. The normalized spacial score (nSPS) is 11.3. The third kappa shape index (κ3) is 4.31. The van der Waals surface area contributed by atoms with Crippen molar-refractivity contribution in [2.75, 3.05) is 7.05 Å². The molecule has 1 heterocycles. The van der Waals surface area contributed by atoms with Crippen LogP contribution in [0.5, 0.6) is 0 Å². The van der Waals surface area contributed by atoms with Gasteiger partial charge in [0.05, 0.1) is 0 Å². The second kappa shape index (κ2) is 6.17. The molecule has 0 fully saturated rings. The van der Waals surface area contributed by atoms with Crippen molar-refractivity contribution in [2.24, 2.45) is 0 Å². The number of benzene rings is 1. The van der Waals surface area contributed by atoms with Gasteiger partial charge in [-0.2, -0.15) is 4.98 Å². The van der Waals surface area contributed by atoms with Crippen LogP contribution in [0, 0.1) is 6.92 Å². The Morgan fingerprint density at radius 1 is 1.27 bits per heavy atom. The van der Waals surface area contributed by atoms with E-state index in [1.54, 1.807) is 7.05 Å². The lowest BCUT2D eigenvalue weighted by atomic mass is 10.1. The quantitative estimate of drug-likeness (QED) is 0.946. The standard InChI is InChI=1S/C16H22N4O2/c1-11-6-8-12(9-7-11)14-17-13(22-19-14)10-20(5)15(21)18-16(2,3)4/h6-9H,10H2,1-5H3,(H,18,21). The van der Waals surface area contributed by atoms with Gasteiger partial charge < -0.3 is 14.7 Å². The third-order valence-corrected chi connectivity index (χ3v) is 2.98. The minimum Gasteiger partial charge on any atom is -0.337 e. The monoisotopic (exact) mass is 302 g/mol. The van der Waals surface area contributed by atoms with Crippen molar-refractivity contribution < 1.29 is 9.32 Å². The maximum absolute atomic E-state index is 12.0. The SMILES string of the molecule is Cc1ccc(-c2noc(CN(C)C(=O)NC(C)(C)C)n2)cc1. The van der Waals surface area contributed by atoms with Crippen LogP contribution < -0.4 is 5.32 Å². The lowest BCUT2D eigenvalue weighted by Gasteiger charge is -2.24. The molecule has 0 spiro atoms. The lowest BCUT2D eigenvalue weighted by molar-refractivity contribution is 0.190. The zero-order chi connectivity index (χ0) is 16.3. The Kier molecular flexibility index (Phi) is 4.49. The summed E-state index contributed by atoms with van der Waals surface area (Å²) in [5, 5.41) is 6.84. The van der Waals surface area contributed by atoms with E-state index in [4.69, 9.17) is 4.52 Å². The van der Waals surface area contributed by atoms with Gasteiger partial charge in [0.2, 0.25) is 11.7 Å². The first kappa shape index (κ1) is 16.0. The zero-order valence-electron chi connectivity index (χ0n) is 13.7. The summed E-state index contributed by atoms with van der Waals surface area (Å²) in [6.07, 6.45) is 0. The number of aryl methyl sites for hydroxylation is 1. The smallest absolute Gasteiger partial charge is 0.318 e. The van der Waals surface area contributed by atoms with Crippen LogP contribution >= 0.6 is 0 Å². The number of rotatable bonds is 3. The number of urea groups is 1. The fraction of sp³-hybridized carbons (Fsp3) is 0.438. The maximum Gasteiger partial charge on any atom is 0.318 e. The van der Waals surface area contributed by atoms with E-state index >= 15 is 0 Å². The number of nitrogens with zero attached hydrogens (tertiary/aromatic N) is 3. The molecule has 2 amide bonds. The molecule has 0 saturated heterocycles. The third-order valence-electron chi connectivity index (χ3n) is 2.98. The van der Waals surface area contributed by atoms with Crippen LogP contribution in [0.25, 0.3) is 11.4 Å². The van der Waals surface area contributed by atoms with Crippen LogP contribution in [-0.4, -0.2) is 33.7 Å². The molecule has 2 aromatic rings. The van der Waals surface area contributed by atoms with Gasteiger partial charge in [-0.1, -0.05) is 35.0 Å². The summed E-state index contributed by atoms with van der Waals surface area (Å²) in [5.41, 5.74) is 1.78. The van der Waals surface area contributed by atoms with Crippen molar-refractivity contribution in [1.29, 1.82) is 0 Å². The van der Waals surface area contributed by atoms with E-state index in [1.807, 2.05) is 52.0 Å². The average Bonchev–Trinajstić information content (AvgIpc) is 2.86. The molecule has 2 rings (SSSR count). The number of carbonyl (C=O) groups is 1. The van der Waals surface area contributed by atoms with E-state index in [1.165, 1.54) is 10.5 Å². The lowest BCUT2D eigenvalue weighted by Crippen LogP contribution is -2.46. The fourth-order valence-corrected chi connectivity index (χ4v) is 1.83. The van der Waals surface area contributed by atoms with Crippen molar-refractivity contribution in [1.82, 2.24) is 20.4 Å². The molecule has 0 unspecified atom stereocenters. The molecule has 0 atom stereocenters. The Morgan fingerprint density at radius 2 is 1.91 bits per heavy atom. The van der Waals surface area contributed by atoms with Gasteiger partial charge in [-0.25, -0.2) is 4.79 Å². The zero-order valence-corrected chi connectivity index (χ0v) is 13.7. The van der Waals surface area contributed by atoms with Gasteiger partial charge in [0.1, 0.15) is 6.54 Å². The maximum atomic E-state index is 12.0. The molecular formula is C16H22N4O2. The molecule has 0 aliphatic heterocycles. The van der Waals surface area contributed by atoms with Crippen molar-refractivity contribution in [2.45, 2.75) is 39.8 Å². The number of aromatic nitrogens is 2. The van der Waals surface area contributed by atoms with Crippen LogP contribution in [0.3, 0.4) is 0 Å². The van der Waals surface area contributed by atoms with E-state index in [2.05, 4.69) is 15.5 Å². The minimum absolute atomic E-state index is 0.178. The molecule has 6 nitrogen and oxygen atoms in total. The molecule has 22 heavy (non-hydrogen) atoms. The van der Waals surface area contributed by atoms with Crippen LogP contribution in [0.4, 0.5) is 4.79 Å². The highest BCUT2D eigenvalue weighted by atomic mass is 16.5. The molecule has 0 aliphatic carbocycles. The van der Waals surface area contributed by atoms with Crippen molar-refractivity contribution in [3.63, 3.8) is 0 Å². The molecule has 0 saturated carbocycles. The summed E-state index contributed by atoms with van der Waals surface area (Å²) < 4.78 is 5.22. The molecule has 1 N–H and O–H groups in total. The molecule has 1 aromatic heterocycles. The highest BCUT2D eigenvalue weighted by molar-refractivity contribution is 5.74. The summed E-state index contributed by atoms with van der Waals surface area (Å²) in [5.74, 6) is 0.932. The van der Waals surface area contributed by atoms with Crippen molar-refractivity contribution >= 4 is 6.03 Å². The minimum atomic E-state index is -0.284. The van der Waals surface area contributed by atoms with Gasteiger partial charge in [0.25, 0.3) is 0 Å². The first-order chi connectivity index (χ1) is 10.2. The van der Waals surface area contributed by atoms with Crippen LogP contribution in [0.1, 0.15) is 32.2 Å². The number of carbonyl (C=O) groups excluding carboxylic acids is 1. The van der Waals surface area contributed by atoms with Gasteiger partial charge in [-0.3, -0.25) is 0 Å². The summed E-state index contributed by atoms with van der Waals surface area (Å²) >= 11 is 0. The van der Waals surface area contributed by atoms with Crippen molar-refractivity contribution in [3.8, 4) is 11.4 Å². The molecule has 0 bridgehead atoms. The molecule has 0 aliphatic rings. The number of hydrogen-bond acceptors (Lipinski definition) is 4. The predicted octanol–water partition coefficient (Wildman–Crippen LogP) is 2.98. The van der Waals surface area contributed by atoms with E-state index < -0.39 is 0 Å². The summed E-state index contributed by atoms with van der Waals surface area (Å²) in [4.78, 5) is 17.8. The highest BCUT2D eigenvalue weighted by Crippen LogP contribution is 2.16. The van der Waals surface area contributed by atoms with E-state index in [0.29, 0.717) is 11.7 Å². The summed E-state index contributed by atoms with van der Waals surface area (Å²) in [6, 6.07) is 7.70. The van der Waals surface area contributed by atoms with Gasteiger partial charge in [-0.15, -0.1) is 0 Å². The molecule has 1 aromatic carbocycles. The summed E-state index contributed by atoms with van der Waals surface area (Å²) in [7, 11) is 1.69. The predicted molar refractivity (Wildman–Crippen MR) is 84.2 cm³/mol. The summed E-state index contributed by atoms with van der Waals surface area (Å²) in [6.45, 7) is 8.08. The van der Waals surface area contributed by atoms with Crippen LogP contribution in [0.15, 0.2) is 28.8 Å². The number of nitrogens with one attached hydrogen (secondary N) is 1. The highest BCUT2D eigenvalue weighted by Gasteiger charge is 2.19. The van der Waals surface area contributed by atoms with Crippen LogP contribution in [-0.2, 0) is 6.54 Å². The molecule has 118 valence electrons. The van der Waals surface area contributed by atoms with Gasteiger partial charge in [0.15, 0.2) is 0 Å². The second-order valence-corrected chi connectivity index (χ2v) is 6.41. The Hall–Kier alpha value is -2.37. The largest absolute Gasteiger partial charge is 0.337 e. The number of hydrogen-bond donors (Lipinski definition) is 1. The first-order valence-corrected chi connectivity index (χ1v) is 7.17. The average molecular weight is 302 g/mol. The topological polar surface area (TPSA) is 71.3 Å². The molecule has 0 radical (unpaired) electrons. The Labute approximate surface area is 130 Å². The van der Waals surface area contributed by atoms with Gasteiger partial charge in [-0.05, 0) is 27.7 Å². The number of amides is 2. The fourth-order valence-electron chi connectivity index (χ4n) is 1.83. The van der Waals surface area contributed by atoms with Crippen molar-refractivity contribution in [3.05, 3.63) is 35.7 Å². The van der Waals surface area contributed by atoms with E-state index in [-0.39, 0.29) is 18.1 Å².